The number of rotatable bonds is 4. The number of benzene rings is 1. The second-order valence-electron chi connectivity index (χ2n) is 3.79. The van der Waals surface area contributed by atoms with Gasteiger partial charge in [-0.2, -0.15) is 5.10 Å². The first kappa shape index (κ1) is 12.6. The summed E-state index contributed by atoms with van der Waals surface area (Å²) in [6.45, 7) is 0.521. The summed E-state index contributed by atoms with van der Waals surface area (Å²) >= 11 is 3.33. The average Bonchev–Trinajstić information content (AvgIpc) is 2.72. The van der Waals surface area contributed by atoms with Crippen molar-refractivity contribution in [3.63, 3.8) is 0 Å². The molecule has 5 nitrogen and oxygen atoms in total. The van der Waals surface area contributed by atoms with Crippen molar-refractivity contribution < 1.29 is 9.90 Å². The Morgan fingerprint density at radius 2 is 2.28 bits per heavy atom. The fraction of sp³-hybridized carbons (Fsp3) is 0.167. The lowest BCUT2D eigenvalue weighted by Crippen LogP contribution is -2.09. The van der Waals surface area contributed by atoms with Gasteiger partial charge in [0.25, 0.3) is 0 Å². The molecule has 0 saturated heterocycles. The Bertz CT molecular complexity index is 580. The van der Waals surface area contributed by atoms with Gasteiger partial charge in [0.15, 0.2) is 0 Å². The molecular formula is C12H12BrN3O2. The summed E-state index contributed by atoms with van der Waals surface area (Å²) in [4.78, 5) is 11.1. The number of aryl methyl sites for hydroxylation is 1. The van der Waals surface area contributed by atoms with E-state index in [4.69, 9.17) is 5.11 Å². The van der Waals surface area contributed by atoms with Gasteiger partial charge in [0, 0.05) is 17.7 Å². The van der Waals surface area contributed by atoms with Crippen LogP contribution in [0.5, 0.6) is 0 Å². The van der Waals surface area contributed by atoms with Gasteiger partial charge in [-0.15, -0.1) is 0 Å². The monoisotopic (exact) mass is 309 g/mol. The lowest BCUT2D eigenvalue weighted by Gasteiger charge is -2.10. The molecule has 0 radical (unpaired) electrons. The van der Waals surface area contributed by atoms with Crippen molar-refractivity contribution in [1.29, 1.82) is 0 Å². The van der Waals surface area contributed by atoms with Crippen LogP contribution < -0.4 is 5.32 Å². The molecule has 94 valence electrons. The van der Waals surface area contributed by atoms with Gasteiger partial charge in [-0.05, 0) is 24.3 Å². The first-order valence-electron chi connectivity index (χ1n) is 5.31. The maximum absolute atomic E-state index is 11.1. The summed E-state index contributed by atoms with van der Waals surface area (Å²) in [5.41, 5.74) is 1.81. The second kappa shape index (κ2) is 5.22. The first-order valence-corrected chi connectivity index (χ1v) is 6.11. The number of nitrogens with one attached hydrogen (secondary N) is 1. The SMILES string of the molecule is Cn1nccc1CNc1cc(Br)ccc1C(=O)O. The Labute approximate surface area is 113 Å². The molecule has 1 heterocycles. The molecule has 0 spiro atoms. The fourth-order valence-corrected chi connectivity index (χ4v) is 1.97. The van der Waals surface area contributed by atoms with Crippen LogP contribution in [0, 0.1) is 0 Å². The fourth-order valence-electron chi connectivity index (χ4n) is 1.61. The predicted octanol–water partition coefficient (Wildman–Crippen LogP) is 2.49. The zero-order valence-electron chi connectivity index (χ0n) is 9.72. The third kappa shape index (κ3) is 2.70. The molecule has 18 heavy (non-hydrogen) atoms. The molecule has 0 bridgehead atoms. The van der Waals surface area contributed by atoms with Gasteiger partial charge >= 0.3 is 5.97 Å². The lowest BCUT2D eigenvalue weighted by molar-refractivity contribution is 0.0698. The van der Waals surface area contributed by atoms with E-state index in [2.05, 4.69) is 26.3 Å². The highest BCUT2D eigenvalue weighted by atomic mass is 79.9. The summed E-state index contributed by atoms with van der Waals surface area (Å²) < 4.78 is 2.57. The zero-order chi connectivity index (χ0) is 13.1. The van der Waals surface area contributed by atoms with E-state index in [1.807, 2.05) is 13.1 Å². The van der Waals surface area contributed by atoms with Gasteiger partial charge in [-0.25, -0.2) is 4.79 Å². The van der Waals surface area contributed by atoms with Crippen molar-refractivity contribution in [1.82, 2.24) is 9.78 Å². The third-order valence-corrected chi connectivity index (χ3v) is 3.09. The number of hydrogen-bond donors (Lipinski definition) is 2. The van der Waals surface area contributed by atoms with Crippen LogP contribution in [0.2, 0.25) is 0 Å². The van der Waals surface area contributed by atoms with Crippen LogP contribution in [-0.4, -0.2) is 20.9 Å². The van der Waals surface area contributed by atoms with Gasteiger partial charge in [0.05, 0.1) is 23.5 Å². The molecule has 6 heteroatoms. The minimum Gasteiger partial charge on any atom is -0.478 e. The Balaban J connectivity index is 2.20. The van der Waals surface area contributed by atoms with Crippen LogP contribution in [-0.2, 0) is 13.6 Å². The highest BCUT2D eigenvalue weighted by molar-refractivity contribution is 9.10. The van der Waals surface area contributed by atoms with E-state index in [1.54, 1.807) is 29.1 Å². The largest absolute Gasteiger partial charge is 0.478 e. The van der Waals surface area contributed by atoms with E-state index in [0.717, 1.165) is 10.2 Å². The van der Waals surface area contributed by atoms with Crippen molar-refractivity contribution in [3.05, 3.63) is 46.2 Å². The van der Waals surface area contributed by atoms with Crippen molar-refractivity contribution >= 4 is 27.6 Å². The number of anilines is 1. The average molecular weight is 310 g/mol. The summed E-state index contributed by atoms with van der Waals surface area (Å²) in [5, 5.41) is 16.3. The molecule has 0 unspecified atom stereocenters. The summed E-state index contributed by atoms with van der Waals surface area (Å²) in [5.74, 6) is -0.949. The van der Waals surface area contributed by atoms with E-state index >= 15 is 0 Å². The number of carboxylic acid groups (broad SMARTS) is 1. The van der Waals surface area contributed by atoms with Crippen molar-refractivity contribution in [2.45, 2.75) is 6.54 Å². The van der Waals surface area contributed by atoms with Crippen molar-refractivity contribution in [3.8, 4) is 0 Å². The molecule has 0 aliphatic rings. The molecule has 2 rings (SSSR count). The van der Waals surface area contributed by atoms with Crippen LogP contribution in [0.15, 0.2) is 34.9 Å². The van der Waals surface area contributed by atoms with Gasteiger partial charge in [0.2, 0.25) is 0 Å². The topological polar surface area (TPSA) is 67.2 Å². The molecule has 0 atom stereocenters. The maximum Gasteiger partial charge on any atom is 0.337 e. The standard InChI is InChI=1S/C12H12BrN3O2/c1-16-9(4-5-15-16)7-14-11-6-8(13)2-3-10(11)12(17)18/h2-6,14H,7H2,1H3,(H,17,18). The van der Waals surface area contributed by atoms with Crippen LogP contribution in [0.25, 0.3) is 0 Å². The van der Waals surface area contributed by atoms with Gasteiger partial charge in [-0.1, -0.05) is 15.9 Å². The number of aromatic carboxylic acids is 1. The number of aromatic nitrogens is 2. The van der Waals surface area contributed by atoms with Gasteiger partial charge < -0.3 is 10.4 Å². The molecule has 0 aliphatic heterocycles. The Hall–Kier alpha value is -1.82. The van der Waals surface area contributed by atoms with E-state index in [1.165, 1.54) is 0 Å². The maximum atomic E-state index is 11.1. The van der Waals surface area contributed by atoms with E-state index in [0.29, 0.717) is 12.2 Å². The highest BCUT2D eigenvalue weighted by Gasteiger charge is 2.10. The van der Waals surface area contributed by atoms with Gasteiger partial charge in [0.1, 0.15) is 0 Å². The molecule has 0 aliphatic carbocycles. The number of halogens is 1. The number of carboxylic acids is 1. The molecular weight excluding hydrogens is 298 g/mol. The Morgan fingerprint density at radius 3 is 2.89 bits per heavy atom. The number of carbonyl (C=O) groups is 1. The molecule has 0 amide bonds. The zero-order valence-corrected chi connectivity index (χ0v) is 11.3. The van der Waals surface area contributed by atoms with E-state index in [9.17, 15) is 4.79 Å². The molecule has 1 aromatic carbocycles. The van der Waals surface area contributed by atoms with Gasteiger partial charge in [-0.3, -0.25) is 4.68 Å². The number of hydrogen-bond acceptors (Lipinski definition) is 3. The normalized spacial score (nSPS) is 10.3. The molecule has 1 aromatic heterocycles. The van der Waals surface area contributed by atoms with Crippen molar-refractivity contribution in [2.24, 2.45) is 7.05 Å². The first-order chi connectivity index (χ1) is 8.58. The smallest absolute Gasteiger partial charge is 0.337 e. The van der Waals surface area contributed by atoms with Crippen LogP contribution in [0.1, 0.15) is 16.1 Å². The summed E-state index contributed by atoms with van der Waals surface area (Å²) in [7, 11) is 1.84. The van der Waals surface area contributed by atoms with Crippen LogP contribution >= 0.6 is 15.9 Å². The molecule has 0 saturated carbocycles. The quantitative estimate of drug-likeness (QED) is 0.910. The minimum absolute atomic E-state index is 0.250. The molecule has 2 aromatic rings. The van der Waals surface area contributed by atoms with Crippen LogP contribution in [0.3, 0.4) is 0 Å². The molecule has 0 fully saturated rings. The van der Waals surface area contributed by atoms with E-state index in [-0.39, 0.29) is 5.56 Å². The Morgan fingerprint density at radius 1 is 1.50 bits per heavy atom. The lowest BCUT2D eigenvalue weighted by atomic mass is 10.2. The predicted molar refractivity (Wildman–Crippen MR) is 71.6 cm³/mol. The van der Waals surface area contributed by atoms with Crippen LogP contribution in [0.4, 0.5) is 5.69 Å². The van der Waals surface area contributed by atoms with E-state index < -0.39 is 5.97 Å². The summed E-state index contributed by atoms with van der Waals surface area (Å²) in [6.07, 6.45) is 1.70. The minimum atomic E-state index is -0.949. The molecule has 2 N–H and O–H groups in total. The Kier molecular flexibility index (Phi) is 3.66. The highest BCUT2D eigenvalue weighted by Crippen LogP contribution is 2.22. The summed E-state index contributed by atoms with van der Waals surface area (Å²) in [6, 6.07) is 6.90. The number of nitrogens with zero attached hydrogens (tertiary/aromatic N) is 2. The second-order valence-corrected chi connectivity index (χ2v) is 4.71. The van der Waals surface area contributed by atoms with Crippen molar-refractivity contribution in [2.75, 3.05) is 5.32 Å². The third-order valence-electron chi connectivity index (χ3n) is 2.59.